The van der Waals surface area contributed by atoms with E-state index in [1.165, 1.54) is 4.90 Å². The molecular weight excluding hydrogens is 246 g/mol. The molecule has 0 aromatic heterocycles. The second-order valence-electron chi connectivity index (χ2n) is 3.76. The Morgan fingerprint density at radius 2 is 2.18 bits per heavy atom. The Morgan fingerprint density at radius 3 is 2.76 bits per heavy atom. The zero-order chi connectivity index (χ0) is 12.6. The molecule has 2 aliphatic rings. The minimum absolute atomic E-state index is 0.0117. The summed E-state index contributed by atoms with van der Waals surface area (Å²) in [6.45, 7) is 3.04. The predicted molar refractivity (Wildman–Crippen MR) is 58.2 cm³/mol. The molecule has 2 heterocycles. The van der Waals surface area contributed by atoms with Gasteiger partial charge < -0.3 is 0 Å². The summed E-state index contributed by atoms with van der Waals surface area (Å²) in [6, 6.07) is 0. The highest BCUT2D eigenvalue weighted by atomic mass is 32.2. The van der Waals surface area contributed by atoms with Gasteiger partial charge in [0.15, 0.2) is 0 Å². The minimum atomic E-state index is -0.814. The molecule has 7 heteroatoms. The van der Waals surface area contributed by atoms with E-state index in [4.69, 9.17) is 0 Å². The van der Waals surface area contributed by atoms with Crippen molar-refractivity contribution in [3.63, 3.8) is 0 Å². The van der Waals surface area contributed by atoms with E-state index in [2.05, 4.69) is 9.78 Å². The first kappa shape index (κ1) is 12.0. The maximum Gasteiger partial charge on any atom is 0.402 e. The van der Waals surface area contributed by atoms with Crippen LogP contribution in [0.25, 0.3) is 0 Å². The second-order valence-corrected chi connectivity index (χ2v) is 5.32. The molecule has 0 spiro atoms. The first-order valence-corrected chi connectivity index (χ1v) is 6.02. The number of carbonyl (C=O) groups excluding carboxylic acids is 3. The van der Waals surface area contributed by atoms with Crippen LogP contribution in [-0.4, -0.2) is 33.4 Å². The van der Waals surface area contributed by atoms with Crippen LogP contribution in [0, 0.1) is 0 Å². The molecule has 0 radical (unpaired) electrons. The van der Waals surface area contributed by atoms with E-state index in [1.807, 2.05) is 6.92 Å². The van der Waals surface area contributed by atoms with Gasteiger partial charge in [-0.3, -0.25) is 9.69 Å². The van der Waals surface area contributed by atoms with Crippen molar-refractivity contribution in [1.82, 2.24) is 4.90 Å². The zero-order valence-corrected chi connectivity index (χ0v) is 10.2. The quantitative estimate of drug-likeness (QED) is 0.389. The number of nitrogens with zero attached hydrogens (tertiary/aromatic N) is 1. The van der Waals surface area contributed by atoms with Gasteiger partial charge in [0.05, 0.1) is 11.8 Å². The molecule has 0 aromatic carbocycles. The molecule has 1 fully saturated rings. The number of β-lactam (4-membered cyclic amide) rings is 1. The third-order valence-corrected chi connectivity index (χ3v) is 3.63. The molecule has 2 aliphatic heterocycles. The third kappa shape index (κ3) is 2.28. The van der Waals surface area contributed by atoms with Gasteiger partial charge in [-0.2, -0.15) is 0 Å². The number of carbonyl (C=O) groups is 3. The Labute approximate surface area is 102 Å². The van der Waals surface area contributed by atoms with Crippen LogP contribution in [0.4, 0.5) is 0 Å². The van der Waals surface area contributed by atoms with Gasteiger partial charge in [-0.1, -0.05) is 0 Å². The minimum Gasteiger partial charge on any atom is -0.293 e. The highest BCUT2D eigenvalue weighted by molar-refractivity contribution is 8.00. The number of fused-ring (bicyclic) bond motifs is 1. The van der Waals surface area contributed by atoms with Crippen LogP contribution in [0.2, 0.25) is 0 Å². The molecular formula is C10H11NO5S. The summed E-state index contributed by atoms with van der Waals surface area (Å²) in [5, 5.41) is 0.103. The fourth-order valence-electron chi connectivity index (χ4n) is 1.68. The van der Waals surface area contributed by atoms with Crippen molar-refractivity contribution in [3.8, 4) is 0 Å². The van der Waals surface area contributed by atoms with Gasteiger partial charge in [0.1, 0.15) is 5.70 Å². The topological polar surface area (TPSA) is 72.9 Å². The lowest BCUT2D eigenvalue weighted by Crippen LogP contribution is -2.54. The maximum absolute atomic E-state index is 11.6. The van der Waals surface area contributed by atoms with Crippen LogP contribution in [0.3, 0.4) is 0 Å². The molecule has 0 saturated carbocycles. The Bertz CT molecular complexity index is 419. The van der Waals surface area contributed by atoms with Gasteiger partial charge in [-0.15, -0.1) is 11.8 Å². The summed E-state index contributed by atoms with van der Waals surface area (Å²) in [5.74, 6) is -1.66. The standard InChI is InChI=1S/C10H11NO5S/c1-5-3-7(10(14)16-15-6(2)12)11-8(13)4-9(11)17-5/h3,5,9H,4H2,1-2H3/t5?,9-/m1/s1. The molecule has 0 bridgehead atoms. The van der Waals surface area contributed by atoms with Gasteiger partial charge >= 0.3 is 11.9 Å². The number of hydrogen-bond donors (Lipinski definition) is 0. The molecule has 0 N–H and O–H groups in total. The van der Waals surface area contributed by atoms with E-state index in [0.717, 1.165) is 6.92 Å². The molecule has 0 aromatic rings. The lowest BCUT2D eigenvalue weighted by molar-refractivity contribution is -0.255. The maximum atomic E-state index is 11.6. The summed E-state index contributed by atoms with van der Waals surface area (Å²) in [5.41, 5.74) is 0.152. The fourth-order valence-corrected chi connectivity index (χ4v) is 2.98. The Hall–Kier alpha value is -1.50. The normalized spacial score (nSPS) is 26.6. The van der Waals surface area contributed by atoms with Crippen molar-refractivity contribution in [1.29, 1.82) is 0 Å². The molecule has 1 unspecified atom stereocenters. The van der Waals surface area contributed by atoms with Crippen LogP contribution in [0.15, 0.2) is 11.8 Å². The smallest absolute Gasteiger partial charge is 0.293 e. The first-order chi connectivity index (χ1) is 7.99. The molecule has 0 aliphatic carbocycles. The van der Waals surface area contributed by atoms with Gasteiger partial charge in [0.25, 0.3) is 0 Å². The average molecular weight is 257 g/mol. The Morgan fingerprint density at radius 1 is 1.47 bits per heavy atom. The molecule has 2 rings (SSSR count). The van der Waals surface area contributed by atoms with Crippen LogP contribution in [-0.2, 0) is 24.2 Å². The van der Waals surface area contributed by atoms with Crippen molar-refractivity contribution in [2.24, 2.45) is 0 Å². The van der Waals surface area contributed by atoms with Crippen molar-refractivity contribution in [2.75, 3.05) is 0 Å². The predicted octanol–water partition coefficient (Wildman–Crippen LogP) is 0.585. The number of thioether (sulfide) groups is 1. The van der Waals surface area contributed by atoms with Gasteiger partial charge in [0, 0.05) is 12.2 Å². The summed E-state index contributed by atoms with van der Waals surface area (Å²) in [4.78, 5) is 43.4. The monoisotopic (exact) mass is 257 g/mol. The molecule has 1 amide bonds. The van der Waals surface area contributed by atoms with E-state index in [0.29, 0.717) is 6.42 Å². The molecule has 92 valence electrons. The summed E-state index contributed by atoms with van der Waals surface area (Å²) in [6.07, 6.45) is 2.05. The van der Waals surface area contributed by atoms with Gasteiger partial charge in [0.2, 0.25) is 5.91 Å². The second kappa shape index (κ2) is 4.40. The molecule has 17 heavy (non-hydrogen) atoms. The Kier molecular flexibility index (Phi) is 3.10. The van der Waals surface area contributed by atoms with E-state index in [9.17, 15) is 14.4 Å². The summed E-state index contributed by atoms with van der Waals surface area (Å²) in [7, 11) is 0. The number of amides is 1. The van der Waals surface area contributed by atoms with Crippen molar-refractivity contribution in [2.45, 2.75) is 30.9 Å². The number of rotatable bonds is 1. The van der Waals surface area contributed by atoms with Crippen molar-refractivity contribution >= 4 is 29.6 Å². The van der Waals surface area contributed by atoms with E-state index in [-0.39, 0.29) is 22.2 Å². The fraction of sp³-hybridized carbons (Fsp3) is 0.500. The van der Waals surface area contributed by atoms with Crippen LogP contribution in [0.5, 0.6) is 0 Å². The Balaban J connectivity index is 2.09. The highest BCUT2D eigenvalue weighted by Crippen LogP contribution is 2.40. The van der Waals surface area contributed by atoms with E-state index < -0.39 is 11.9 Å². The molecule has 2 atom stereocenters. The van der Waals surface area contributed by atoms with Crippen molar-refractivity contribution < 1.29 is 24.2 Å². The van der Waals surface area contributed by atoms with Gasteiger partial charge in [-0.25, -0.2) is 19.4 Å². The lowest BCUT2D eigenvalue weighted by Gasteiger charge is -2.43. The number of hydrogen-bond acceptors (Lipinski definition) is 6. The zero-order valence-electron chi connectivity index (χ0n) is 9.34. The van der Waals surface area contributed by atoms with Gasteiger partial charge in [-0.05, 0) is 13.0 Å². The third-order valence-electron chi connectivity index (χ3n) is 2.37. The lowest BCUT2D eigenvalue weighted by atomic mass is 10.1. The largest absolute Gasteiger partial charge is 0.402 e. The average Bonchev–Trinajstić information content (AvgIpc) is 2.23. The summed E-state index contributed by atoms with van der Waals surface area (Å²) < 4.78 is 0. The van der Waals surface area contributed by atoms with E-state index >= 15 is 0 Å². The SMILES string of the molecule is CC(=O)OOC(=O)C1=CC(C)S[C@@H]2CC(=O)N12. The molecule has 6 nitrogen and oxygen atoms in total. The van der Waals surface area contributed by atoms with Crippen LogP contribution < -0.4 is 0 Å². The highest BCUT2D eigenvalue weighted by Gasteiger charge is 2.45. The molecule has 1 saturated heterocycles. The van der Waals surface area contributed by atoms with Crippen LogP contribution in [0.1, 0.15) is 20.3 Å². The van der Waals surface area contributed by atoms with Crippen molar-refractivity contribution in [3.05, 3.63) is 11.8 Å². The first-order valence-electron chi connectivity index (χ1n) is 5.08. The summed E-state index contributed by atoms with van der Waals surface area (Å²) >= 11 is 1.60. The van der Waals surface area contributed by atoms with Crippen LogP contribution >= 0.6 is 11.8 Å². The van der Waals surface area contributed by atoms with E-state index in [1.54, 1.807) is 17.8 Å².